The number of hydrogen-bond acceptors (Lipinski definition) is 6. The third kappa shape index (κ3) is 4.02. The molecule has 1 amide bonds. The average Bonchev–Trinajstić information content (AvgIpc) is 3.26. The zero-order valence-corrected chi connectivity index (χ0v) is 20.2. The maximum atomic E-state index is 12.3. The van der Waals surface area contributed by atoms with Crippen molar-refractivity contribution in [3.8, 4) is 11.8 Å². The molecule has 2 atom stereocenters. The quantitative estimate of drug-likeness (QED) is 0.466. The number of nitrogens with zero attached hydrogens (tertiary/aromatic N) is 4. The number of nitrogens with two attached hydrogens (primary N) is 1. The van der Waals surface area contributed by atoms with E-state index in [0.717, 1.165) is 23.3 Å². The first-order valence-electron chi connectivity index (χ1n) is 11.4. The molecular weight excluding hydrogens is 454 g/mol. The monoisotopic (exact) mass is 481 g/mol. The highest BCUT2D eigenvalue weighted by Crippen LogP contribution is 2.39. The van der Waals surface area contributed by atoms with Crippen LogP contribution in [0, 0.1) is 18.8 Å². The second kappa shape index (κ2) is 8.95. The number of fused-ring (bicyclic) bond motifs is 1. The molecule has 9 nitrogen and oxygen atoms in total. The van der Waals surface area contributed by atoms with Gasteiger partial charge in [-0.05, 0) is 44.2 Å². The molecule has 1 saturated heterocycles. The van der Waals surface area contributed by atoms with E-state index in [-0.39, 0.29) is 17.6 Å². The molecule has 178 valence electrons. The first-order chi connectivity index (χ1) is 16.4. The number of halogens is 1. The van der Waals surface area contributed by atoms with Crippen molar-refractivity contribution in [1.29, 1.82) is 0 Å². The maximum absolute atomic E-state index is 12.3. The number of ether oxygens (including phenoxy) is 1. The Bertz CT molecular complexity index is 1330. The molecule has 3 heterocycles. The number of aryl methyl sites for hydroxylation is 1. The van der Waals surface area contributed by atoms with Gasteiger partial charge < -0.3 is 25.7 Å². The van der Waals surface area contributed by atoms with Crippen molar-refractivity contribution in [3.05, 3.63) is 39.8 Å². The molecular formula is C24H28ClN7O2. The minimum Gasteiger partial charge on any atom is -0.383 e. The Labute approximate surface area is 203 Å². The highest BCUT2D eigenvalue weighted by atomic mass is 35.5. The number of methoxy groups -OCH3 is 1. The van der Waals surface area contributed by atoms with Crippen LogP contribution in [0.15, 0.2) is 12.1 Å². The first kappa shape index (κ1) is 22.7. The molecule has 34 heavy (non-hydrogen) atoms. The molecule has 1 saturated carbocycles. The van der Waals surface area contributed by atoms with Gasteiger partial charge in [-0.25, -0.2) is 9.67 Å². The van der Waals surface area contributed by atoms with Crippen LogP contribution in [-0.4, -0.2) is 58.6 Å². The standard InChI is InChI=1S/C24H28ClN7O2/c1-13-29-20-8-14(18(25)10-21(20)31(13)16-5-6-16)4-7-19-22(23(26)33)24(27-2)32(30-19)17-9-15(12-34-3)28-11-17/h8,10,15-17,27-28H,5-6,9,11-12H2,1-3H3,(H2,26,33)/t15-,17+/m1/s1. The number of benzene rings is 1. The first-order valence-corrected chi connectivity index (χ1v) is 11.8. The van der Waals surface area contributed by atoms with Gasteiger partial charge in [0.2, 0.25) is 0 Å². The van der Waals surface area contributed by atoms with E-state index in [9.17, 15) is 4.79 Å². The van der Waals surface area contributed by atoms with Gasteiger partial charge in [0.15, 0.2) is 5.69 Å². The van der Waals surface area contributed by atoms with Gasteiger partial charge in [-0.2, -0.15) is 5.10 Å². The van der Waals surface area contributed by atoms with Crippen LogP contribution >= 0.6 is 11.6 Å². The van der Waals surface area contributed by atoms with Crippen molar-refractivity contribution < 1.29 is 9.53 Å². The molecule has 0 unspecified atom stereocenters. The zero-order valence-electron chi connectivity index (χ0n) is 19.5. The third-order valence-electron chi connectivity index (χ3n) is 6.49. The molecule has 5 rings (SSSR count). The number of rotatable bonds is 6. The van der Waals surface area contributed by atoms with Gasteiger partial charge >= 0.3 is 0 Å². The van der Waals surface area contributed by atoms with Crippen molar-refractivity contribution in [3.63, 3.8) is 0 Å². The molecule has 0 spiro atoms. The largest absolute Gasteiger partial charge is 0.383 e. The number of aromatic nitrogens is 4. The lowest BCUT2D eigenvalue weighted by molar-refractivity contribution is 0.100. The van der Waals surface area contributed by atoms with E-state index in [4.69, 9.17) is 27.1 Å². The predicted molar refractivity (Wildman–Crippen MR) is 131 cm³/mol. The van der Waals surface area contributed by atoms with E-state index >= 15 is 0 Å². The Morgan fingerprint density at radius 3 is 2.82 bits per heavy atom. The van der Waals surface area contributed by atoms with Crippen molar-refractivity contribution in [2.75, 3.05) is 32.6 Å². The molecule has 2 aliphatic rings. The van der Waals surface area contributed by atoms with Crippen LogP contribution < -0.4 is 16.4 Å². The molecule has 0 radical (unpaired) electrons. The SMILES string of the molecule is CNc1c(C(N)=O)c(C#Cc2cc3nc(C)n(C4CC4)c3cc2Cl)nn1[C@@H]1CN[C@@H](COC)C1. The van der Waals surface area contributed by atoms with Gasteiger partial charge in [-0.3, -0.25) is 4.79 Å². The van der Waals surface area contributed by atoms with Crippen molar-refractivity contribution >= 4 is 34.4 Å². The summed E-state index contributed by atoms with van der Waals surface area (Å²) in [6, 6.07) is 4.60. The fourth-order valence-electron chi connectivity index (χ4n) is 4.82. The Kier molecular flexibility index (Phi) is 5.98. The summed E-state index contributed by atoms with van der Waals surface area (Å²) in [5.41, 5.74) is 8.84. The average molecular weight is 482 g/mol. The minimum atomic E-state index is -0.584. The van der Waals surface area contributed by atoms with Crippen LogP contribution in [0.1, 0.15) is 58.8 Å². The molecule has 3 aromatic rings. The van der Waals surface area contributed by atoms with Crippen LogP contribution in [0.2, 0.25) is 5.02 Å². The van der Waals surface area contributed by atoms with Crippen molar-refractivity contribution in [1.82, 2.24) is 24.6 Å². The topological polar surface area (TPSA) is 112 Å². The van der Waals surface area contributed by atoms with E-state index in [0.29, 0.717) is 41.3 Å². The van der Waals surface area contributed by atoms with Crippen LogP contribution in [0.5, 0.6) is 0 Å². The smallest absolute Gasteiger partial charge is 0.255 e. The summed E-state index contributed by atoms with van der Waals surface area (Å²) >= 11 is 6.60. The number of carbonyl (C=O) groups is 1. The lowest BCUT2D eigenvalue weighted by Crippen LogP contribution is -2.25. The van der Waals surface area contributed by atoms with Gasteiger partial charge in [0.1, 0.15) is 17.2 Å². The number of primary amides is 1. The van der Waals surface area contributed by atoms with Crippen LogP contribution in [-0.2, 0) is 4.74 Å². The summed E-state index contributed by atoms with van der Waals surface area (Å²) < 4.78 is 9.32. The van der Waals surface area contributed by atoms with Crippen molar-refractivity contribution in [2.45, 2.75) is 44.3 Å². The Morgan fingerprint density at radius 2 is 2.15 bits per heavy atom. The maximum Gasteiger partial charge on any atom is 0.255 e. The number of imidazole rings is 1. The summed E-state index contributed by atoms with van der Waals surface area (Å²) in [7, 11) is 3.43. The van der Waals surface area contributed by atoms with Gasteiger partial charge in [-0.1, -0.05) is 17.5 Å². The van der Waals surface area contributed by atoms with Crippen molar-refractivity contribution in [2.24, 2.45) is 5.73 Å². The summed E-state index contributed by atoms with van der Waals surface area (Å²) in [5, 5.41) is 11.7. The lowest BCUT2D eigenvalue weighted by Gasteiger charge is -2.14. The fraction of sp³-hybridized carbons (Fsp3) is 0.458. The third-order valence-corrected chi connectivity index (χ3v) is 6.80. The second-order valence-corrected chi connectivity index (χ2v) is 9.32. The van der Waals surface area contributed by atoms with E-state index in [1.54, 1.807) is 18.8 Å². The van der Waals surface area contributed by atoms with Gasteiger partial charge in [0.25, 0.3) is 5.91 Å². The molecule has 4 N–H and O–H groups in total. The molecule has 1 aliphatic heterocycles. The molecule has 2 aromatic heterocycles. The highest BCUT2D eigenvalue weighted by molar-refractivity contribution is 6.32. The lowest BCUT2D eigenvalue weighted by atomic mass is 10.1. The predicted octanol–water partition coefficient (Wildman–Crippen LogP) is 2.62. The van der Waals surface area contributed by atoms with E-state index < -0.39 is 5.91 Å². The molecule has 1 aromatic carbocycles. The number of nitrogens with one attached hydrogen (secondary N) is 2. The van der Waals surface area contributed by atoms with Crippen LogP contribution in [0.4, 0.5) is 5.82 Å². The number of carbonyl (C=O) groups excluding carboxylic acids is 1. The Morgan fingerprint density at radius 1 is 1.35 bits per heavy atom. The highest BCUT2D eigenvalue weighted by Gasteiger charge is 2.31. The fourth-order valence-corrected chi connectivity index (χ4v) is 5.03. The molecule has 2 fully saturated rings. The number of amides is 1. The summed E-state index contributed by atoms with van der Waals surface area (Å²) in [5.74, 6) is 7.09. The summed E-state index contributed by atoms with van der Waals surface area (Å²) in [6.07, 6.45) is 3.15. The van der Waals surface area contributed by atoms with Crippen LogP contribution in [0.25, 0.3) is 11.0 Å². The molecule has 10 heteroatoms. The van der Waals surface area contributed by atoms with Gasteiger partial charge in [0.05, 0.1) is 28.7 Å². The summed E-state index contributed by atoms with van der Waals surface area (Å²) in [6.45, 7) is 3.33. The van der Waals surface area contributed by atoms with Crippen LogP contribution in [0.3, 0.4) is 0 Å². The Hall–Kier alpha value is -3.06. The van der Waals surface area contributed by atoms with E-state index in [2.05, 4.69) is 32.1 Å². The zero-order chi connectivity index (χ0) is 24.0. The summed E-state index contributed by atoms with van der Waals surface area (Å²) in [4.78, 5) is 17.0. The normalized spacial score (nSPS) is 19.9. The van der Waals surface area contributed by atoms with E-state index in [1.165, 1.54) is 12.8 Å². The molecule has 1 aliphatic carbocycles. The second-order valence-electron chi connectivity index (χ2n) is 8.91. The minimum absolute atomic E-state index is 0.0468. The number of hydrogen-bond donors (Lipinski definition) is 3. The van der Waals surface area contributed by atoms with E-state index in [1.807, 2.05) is 19.1 Å². The van der Waals surface area contributed by atoms with Gasteiger partial charge in [-0.15, -0.1) is 0 Å². The van der Waals surface area contributed by atoms with Gasteiger partial charge in [0, 0.05) is 38.3 Å². The number of anilines is 1. The Balaban J connectivity index is 1.52. The molecule has 0 bridgehead atoms.